The van der Waals surface area contributed by atoms with Crippen LogP contribution < -0.4 is 0 Å². The molecule has 0 amide bonds. The van der Waals surface area contributed by atoms with E-state index in [-0.39, 0.29) is 6.10 Å². The Hall–Kier alpha value is -1.12. The van der Waals surface area contributed by atoms with Crippen molar-refractivity contribution in [1.29, 1.82) is 0 Å². The zero-order valence-electron chi connectivity index (χ0n) is 11.6. The molecule has 1 aromatic carbocycles. The summed E-state index contributed by atoms with van der Waals surface area (Å²) in [4.78, 5) is 2.40. The molecule has 0 fully saturated rings. The highest BCUT2D eigenvalue weighted by Crippen LogP contribution is 2.30. The van der Waals surface area contributed by atoms with Crippen LogP contribution in [0.3, 0.4) is 0 Å². The fourth-order valence-electron chi connectivity index (χ4n) is 2.84. The van der Waals surface area contributed by atoms with Crippen molar-refractivity contribution in [3.63, 3.8) is 0 Å². The Labute approximate surface area is 118 Å². The molecule has 0 saturated carbocycles. The predicted molar refractivity (Wildman–Crippen MR) is 80.9 cm³/mol. The molecule has 2 heteroatoms. The number of aliphatic hydroxyl groups excluding tert-OH is 1. The zero-order valence-corrected chi connectivity index (χ0v) is 12.4. The number of hydrogen-bond donors (Lipinski definition) is 1. The van der Waals surface area contributed by atoms with E-state index in [4.69, 9.17) is 0 Å². The quantitative estimate of drug-likeness (QED) is 0.890. The highest BCUT2D eigenvalue weighted by molar-refractivity contribution is 7.12. The first kappa shape index (κ1) is 12.9. The first-order valence-corrected chi connectivity index (χ1v) is 7.81. The van der Waals surface area contributed by atoms with E-state index in [9.17, 15) is 5.11 Å². The van der Waals surface area contributed by atoms with Crippen LogP contribution in [0.5, 0.6) is 0 Å². The predicted octanol–water partition coefficient (Wildman–Crippen LogP) is 4.13. The number of rotatable bonds is 3. The van der Waals surface area contributed by atoms with Crippen molar-refractivity contribution >= 4 is 11.3 Å². The summed E-state index contributed by atoms with van der Waals surface area (Å²) in [6.45, 7) is 4.23. The number of thiophene rings is 1. The second kappa shape index (κ2) is 5.10. The summed E-state index contributed by atoms with van der Waals surface area (Å²) in [5.41, 5.74) is 5.54. The van der Waals surface area contributed by atoms with Gasteiger partial charge in [0.25, 0.3) is 0 Å². The molecule has 1 heterocycles. The van der Waals surface area contributed by atoms with Gasteiger partial charge in [0.1, 0.15) is 0 Å². The van der Waals surface area contributed by atoms with Crippen molar-refractivity contribution in [1.82, 2.24) is 0 Å². The van der Waals surface area contributed by atoms with Crippen LogP contribution >= 0.6 is 11.3 Å². The second-order valence-electron chi connectivity index (χ2n) is 5.56. The molecule has 1 nitrogen and oxygen atoms in total. The van der Waals surface area contributed by atoms with Gasteiger partial charge >= 0.3 is 0 Å². The average Bonchev–Trinajstić information content (AvgIpc) is 2.96. The third-order valence-electron chi connectivity index (χ3n) is 4.11. The van der Waals surface area contributed by atoms with E-state index in [2.05, 4.69) is 38.1 Å². The average molecular weight is 272 g/mol. The standard InChI is InChI=1S/C17H20OS/c1-11-8-17(19-12(11)2)16(18)10-13-6-7-14-4-3-5-15(14)9-13/h6-9,16,18H,3-5,10H2,1-2H3. The van der Waals surface area contributed by atoms with Crippen molar-refractivity contribution in [3.05, 3.63) is 56.3 Å². The van der Waals surface area contributed by atoms with Crippen molar-refractivity contribution in [2.45, 2.75) is 45.6 Å². The maximum absolute atomic E-state index is 10.4. The smallest absolute Gasteiger partial charge is 0.0922 e. The van der Waals surface area contributed by atoms with Gasteiger partial charge in [0.15, 0.2) is 0 Å². The molecule has 3 rings (SSSR count). The van der Waals surface area contributed by atoms with E-state index < -0.39 is 0 Å². The molecule has 1 N–H and O–H groups in total. The molecular formula is C17H20OS. The van der Waals surface area contributed by atoms with E-state index in [0.717, 1.165) is 11.3 Å². The van der Waals surface area contributed by atoms with Gasteiger partial charge in [-0.2, -0.15) is 0 Å². The Balaban J connectivity index is 1.77. The molecule has 1 aliphatic carbocycles. The van der Waals surface area contributed by atoms with Crippen LogP contribution in [-0.4, -0.2) is 5.11 Å². The minimum absolute atomic E-state index is 0.364. The van der Waals surface area contributed by atoms with Gasteiger partial charge in [-0.1, -0.05) is 18.2 Å². The molecule has 0 saturated heterocycles. The molecule has 19 heavy (non-hydrogen) atoms. The molecule has 1 aliphatic rings. The molecule has 1 atom stereocenters. The largest absolute Gasteiger partial charge is 0.387 e. The highest BCUT2D eigenvalue weighted by atomic mass is 32.1. The van der Waals surface area contributed by atoms with Gasteiger partial charge in [0.2, 0.25) is 0 Å². The fraction of sp³-hybridized carbons (Fsp3) is 0.412. The van der Waals surface area contributed by atoms with Gasteiger partial charge in [-0.25, -0.2) is 0 Å². The second-order valence-corrected chi connectivity index (χ2v) is 6.85. The van der Waals surface area contributed by atoms with Crippen LogP contribution in [0.15, 0.2) is 24.3 Å². The first-order valence-electron chi connectivity index (χ1n) is 6.99. The monoisotopic (exact) mass is 272 g/mol. The number of hydrogen-bond acceptors (Lipinski definition) is 2. The molecular weight excluding hydrogens is 252 g/mol. The Morgan fingerprint density at radius 3 is 2.68 bits per heavy atom. The van der Waals surface area contributed by atoms with Gasteiger partial charge in [-0.3, -0.25) is 0 Å². The Kier molecular flexibility index (Phi) is 3.46. The number of benzene rings is 1. The summed E-state index contributed by atoms with van der Waals surface area (Å²) in [7, 11) is 0. The molecule has 0 radical (unpaired) electrons. The topological polar surface area (TPSA) is 20.2 Å². The van der Waals surface area contributed by atoms with Gasteiger partial charge in [-0.05, 0) is 61.4 Å². The lowest BCUT2D eigenvalue weighted by atomic mass is 10.0. The van der Waals surface area contributed by atoms with Crippen LogP contribution in [0.1, 0.15) is 44.5 Å². The molecule has 2 aromatic rings. The van der Waals surface area contributed by atoms with Crippen LogP contribution in [-0.2, 0) is 19.3 Å². The van der Waals surface area contributed by atoms with Crippen molar-refractivity contribution in [3.8, 4) is 0 Å². The Morgan fingerprint density at radius 2 is 1.95 bits per heavy atom. The minimum Gasteiger partial charge on any atom is -0.387 e. The van der Waals surface area contributed by atoms with E-state index >= 15 is 0 Å². The van der Waals surface area contributed by atoms with Gasteiger partial charge in [0, 0.05) is 16.2 Å². The SMILES string of the molecule is Cc1cc(C(O)Cc2ccc3c(c2)CCC3)sc1C. The third-order valence-corrected chi connectivity index (χ3v) is 5.36. The normalized spacial score (nSPS) is 15.5. The van der Waals surface area contributed by atoms with Crippen LogP contribution in [0, 0.1) is 13.8 Å². The minimum atomic E-state index is -0.364. The van der Waals surface area contributed by atoms with Crippen molar-refractivity contribution < 1.29 is 5.11 Å². The first-order chi connectivity index (χ1) is 9.13. The van der Waals surface area contributed by atoms with Gasteiger partial charge in [-0.15, -0.1) is 11.3 Å². The molecule has 1 aromatic heterocycles. The lowest BCUT2D eigenvalue weighted by Gasteiger charge is -2.10. The van der Waals surface area contributed by atoms with Gasteiger partial charge < -0.3 is 5.11 Å². The molecule has 1 unspecified atom stereocenters. The lowest BCUT2D eigenvalue weighted by molar-refractivity contribution is 0.182. The number of aliphatic hydroxyl groups is 1. The third kappa shape index (κ3) is 2.60. The summed E-state index contributed by atoms with van der Waals surface area (Å²) < 4.78 is 0. The van der Waals surface area contributed by atoms with Crippen LogP contribution in [0.4, 0.5) is 0 Å². The molecule has 100 valence electrons. The van der Waals surface area contributed by atoms with E-state index in [0.29, 0.717) is 0 Å². The summed E-state index contributed by atoms with van der Waals surface area (Å²) >= 11 is 1.72. The summed E-state index contributed by atoms with van der Waals surface area (Å²) in [5.74, 6) is 0. The van der Waals surface area contributed by atoms with Gasteiger partial charge in [0.05, 0.1) is 6.10 Å². The highest BCUT2D eigenvalue weighted by Gasteiger charge is 2.15. The number of fused-ring (bicyclic) bond motifs is 1. The fourth-order valence-corrected chi connectivity index (χ4v) is 3.87. The van der Waals surface area contributed by atoms with E-state index in [1.807, 2.05) is 0 Å². The summed E-state index contributed by atoms with van der Waals surface area (Å²) in [6, 6.07) is 8.84. The lowest BCUT2D eigenvalue weighted by Crippen LogP contribution is -2.00. The maximum atomic E-state index is 10.4. The van der Waals surface area contributed by atoms with Crippen molar-refractivity contribution in [2.24, 2.45) is 0 Å². The maximum Gasteiger partial charge on any atom is 0.0922 e. The van der Waals surface area contributed by atoms with E-state index in [1.54, 1.807) is 11.3 Å². The van der Waals surface area contributed by atoms with Crippen LogP contribution in [0.25, 0.3) is 0 Å². The molecule has 0 bridgehead atoms. The zero-order chi connectivity index (χ0) is 13.4. The summed E-state index contributed by atoms with van der Waals surface area (Å²) in [6.07, 6.45) is 4.08. The van der Waals surface area contributed by atoms with E-state index in [1.165, 1.54) is 46.4 Å². The Morgan fingerprint density at radius 1 is 1.16 bits per heavy atom. The number of aryl methyl sites for hydroxylation is 4. The summed E-state index contributed by atoms with van der Waals surface area (Å²) in [5, 5.41) is 10.4. The van der Waals surface area contributed by atoms with Crippen molar-refractivity contribution in [2.75, 3.05) is 0 Å². The molecule has 0 spiro atoms. The molecule has 0 aliphatic heterocycles. The Bertz CT molecular complexity index is 578. The van der Waals surface area contributed by atoms with Crippen LogP contribution in [0.2, 0.25) is 0 Å².